The second-order valence-electron chi connectivity index (χ2n) is 4.26. The number of thiol groups is 1. The molecule has 96 valence electrons. The molecule has 2 rings (SSSR count). The van der Waals surface area contributed by atoms with Crippen LogP contribution in [0.1, 0.15) is 17.9 Å². The standard InChI is InChI=1S/C13H16N2O2S/c1-9-14-11-4-3-10(7-12(11)17-9)8-15(2)13(16)5-6-18/h3-4,7,18H,5-6,8H2,1-2H3. The molecule has 0 fully saturated rings. The van der Waals surface area contributed by atoms with Crippen LogP contribution in [0.3, 0.4) is 0 Å². The summed E-state index contributed by atoms with van der Waals surface area (Å²) in [6, 6.07) is 5.81. The molecule has 1 amide bonds. The second kappa shape index (κ2) is 5.44. The van der Waals surface area contributed by atoms with Crippen molar-refractivity contribution in [3.8, 4) is 0 Å². The zero-order chi connectivity index (χ0) is 13.1. The summed E-state index contributed by atoms with van der Waals surface area (Å²) in [4.78, 5) is 17.6. The van der Waals surface area contributed by atoms with Crippen LogP contribution in [0.25, 0.3) is 11.1 Å². The first kappa shape index (κ1) is 13.0. The van der Waals surface area contributed by atoms with Crippen LogP contribution in [-0.4, -0.2) is 28.6 Å². The largest absolute Gasteiger partial charge is 0.441 e. The Morgan fingerprint density at radius 1 is 1.50 bits per heavy atom. The minimum Gasteiger partial charge on any atom is -0.441 e. The highest BCUT2D eigenvalue weighted by Crippen LogP contribution is 2.17. The highest BCUT2D eigenvalue weighted by Gasteiger charge is 2.09. The van der Waals surface area contributed by atoms with Gasteiger partial charge in [0.15, 0.2) is 11.5 Å². The number of hydrogen-bond donors (Lipinski definition) is 1. The monoisotopic (exact) mass is 264 g/mol. The number of nitrogens with zero attached hydrogens (tertiary/aromatic N) is 2. The molecule has 18 heavy (non-hydrogen) atoms. The topological polar surface area (TPSA) is 46.3 Å². The molecule has 0 saturated carbocycles. The molecule has 0 saturated heterocycles. The Morgan fingerprint density at radius 3 is 3.00 bits per heavy atom. The summed E-state index contributed by atoms with van der Waals surface area (Å²) in [6.07, 6.45) is 0.462. The molecule has 1 aromatic carbocycles. The minimum absolute atomic E-state index is 0.0962. The van der Waals surface area contributed by atoms with Crippen LogP contribution in [-0.2, 0) is 11.3 Å². The van der Waals surface area contributed by atoms with Crippen LogP contribution in [0.15, 0.2) is 22.6 Å². The van der Waals surface area contributed by atoms with Crippen molar-refractivity contribution >= 4 is 29.6 Å². The van der Waals surface area contributed by atoms with E-state index in [1.54, 1.807) is 11.9 Å². The molecule has 0 atom stereocenters. The van der Waals surface area contributed by atoms with Crippen molar-refractivity contribution in [2.24, 2.45) is 0 Å². The van der Waals surface area contributed by atoms with E-state index >= 15 is 0 Å². The number of carbonyl (C=O) groups is 1. The van der Waals surface area contributed by atoms with Gasteiger partial charge in [-0.25, -0.2) is 4.98 Å². The summed E-state index contributed by atoms with van der Waals surface area (Å²) >= 11 is 4.06. The average Bonchev–Trinajstić information content (AvgIpc) is 2.68. The Labute approximate surface area is 111 Å². The van der Waals surface area contributed by atoms with E-state index in [1.807, 2.05) is 25.1 Å². The minimum atomic E-state index is 0.0962. The zero-order valence-corrected chi connectivity index (χ0v) is 11.4. The van der Waals surface area contributed by atoms with Crippen molar-refractivity contribution in [2.75, 3.05) is 12.8 Å². The quantitative estimate of drug-likeness (QED) is 0.863. The lowest BCUT2D eigenvalue weighted by molar-refractivity contribution is -0.129. The van der Waals surface area contributed by atoms with E-state index < -0.39 is 0 Å². The van der Waals surface area contributed by atoms with E-state index in [9.17, 15) is 4.79 Å². The zero-order valence-electron chi connectivity index (χ0n) is 10.5. The first-order chi connectivity index (χ1) is 8.60. The van der Waals surface area contributed by atoms with Crippen LogP contribution in [0.4, 0.5) is 0 Å². The molecule has 0 N–H and O–H groups in total. The van der Waals surface area contributed by atoms with Crippen molar-refractivity contribution in [1.29, 1.82) is 0 Å². The van der Waals surface area contributed by atoms with E-state index in [0.717, 1.165) is 16.7 Å². The van der Waals surface area contributed by atoms with Gasteiger partial charge in [0.25, 0.3) is 0 Å². The van der Waals surface area contributed by atoms with Gasteiger partial charge < -0.3 is 9.32 Å². The van der Waals surface area contributed by atoms with Crippen LogP contribution >= 0.6 is 12.6 Å². The van der Waals surface area contributed by atoms with E-state index in [1.165, 1.54) is 0 Å². The maximum absolute atomic E-state index is 11.7. The highest BCUT2D eigenvalue weighted by atomic mass is 32.1. The molecule has 0 aliphatic rings. The molecule has 1 aromatic heterocycles. The van der Waals surface area contributed by atoms with Crippen molar-refractivity contribution in [3.05, 3.63) is 29.7 Å². The summed E-state index contributed by atoms with van der Waals surface area (Å²) in [5, 5.41) is 0. The summed E-state index contributed by atoms with van der Waals surface area (Å²) in [7, 11) is 1.79. The third kappa shape index (κ3) is 2.85. The first-order valence-corrected chi connectivity index (χ1v) is 6.44. The van der Waals surface area contributed by atoms with E-state index in [2.05, 4.69) is 17.6 Å². The average molecular weight is 264 g/mol. The van der Waals surface area contributed by atoms with Gasteiger partial charge >= 0.3 is 0 Å². The molecule has 5 heteroatoms. The Kier molecular flexibility index (Phi) is 3.91. The van der Waals surface area contributed by atoms with Crippen LogP contribution in [0.2, 0.25) is 0 Å². The molecule has 1 heterocycles. The van der Waals surface area contributed by atoms with Crippen molar-refractivity contribution in [2.45, 2.75) is 19.9 Å². The molecule has 4 nitrogen and oxygen atoms in total. The summed E-state index contributed by atoms with van der Waals surface area (Å²) in [5.74, 6) is 1.32. The number of benzene rings is 1. The fourth-order valence-corrected chi connectivity index (χ4v) is 2.02. The Balaban J connectivity index is 2.13. The number of aromatic nitrogens is 1. The van der Waals surface area contributed by atoms with E-state index in [0.29, 0.717) is 24.6 Å². The molecule has 0 unspecified atom stereocenters. The van der Waals surface area contributed by atoms with Gasteiger partial charge in [0.1, 0.15) is 5.52 Å². The molecule has 2 aromatic rings. The fourth-order valence-electron chi connectivity index (χ4n) is 1.83. The van der Waals surface area contributed by atoms with Gasteiger partial charge in [-0.05, 0) is 23.4 Å². The predicted octanol–water partition coefficient (Wildman–Crippen LogP) is 2.41. The van der Waals surface area contributed by atoms with Gasteiger partial charge in [0, 0.05) is 26.9 Å². The van der Waals surface area contributed by atoms with Crippen LogP contribution < -0.4 is 0 Å². The summed E-state index contributed by atoms with van der Waals surface area (Å²) in [5.41, 5.74) is 2.65. The van der Waals surface area contributed by atoms with Gasteiger partial charge in [-0.15, -0.1) is 0 Å². The van der Waals surface area contributed by atoms with Crippen molar-refractivity contribution < 1.29 is 9.21 Å². The number of carbonyl (C=O) groups excluding carboxylic acids is 1. The van der Waals surface area contributed by atoms with Gasteiger partial charge in [-0.3, -0.25) is 4.79 Å². The first-order valence-electron chi connectivity index (χ1n) is 5.81. The van der Waals surface area contributed by atoms with Crippen molar-refractivity contribution in [1.82, 2.24) is 9.88 Å². The maximum Gasteiger partial charge on any atom is 0.223 e. The number of hydrogen-bond acceptors (Lipinski definition) is 4. The Hall–Kier alpha value is -1.49. The molecule has 0 aliphatic carbocycles. The molecular weight excluding hydrogens is 248 g/mol. The highest BCUT2D eigenvalue weighted by molar-refractivity contribution is 7.80. The SMILES string of the molecule is Cc1nc2ccc(CN(C)C(=O)CCS)cc2o1. The third-order valence-electron chi connectivity index (χ3n) is 2.73. The van der Waals surface area contributed by atoms with Gasteiger partial charge in [-0.1, -0.05) is 6.07 Å². The Morgan fingerprint density at radius 2 is 2.28 bits per heavy atom. The molecule has 0 bridgehead atoms. The number of fused-ring (bicyclic) bond motifs is 1. The number of oxazole rings is 1. The lowest BCUT2D eigenvalue weighted by Gasteiger charge is -2.16. The number of amides is 1. The van der Waals surface area contributed by atoms with Crippen molar-refractivity contribution in [3.63, 3.8) is 0 Å². The fraction of sp³-hybridized carbons (Fsp3) is 0.385. The smallest absolute Gasteiger partial charge is 0.223 e. The van der Waals surface area contributed by atoms with Gasteiger partial charge in [-0.2, -0.15) is 12.6 Å². The number of aryl methyl sites for hydroxylation is 1. The lowest BCUT2D eigenvalue weighted by atomic mass is 10.2. The number of rotatable bonds is 4. The van der Waals surface area contributed by atoms with Gasteiger partial charge in [0.05, 0.1) is 0 Å². The van der Waals surface area contributed by atoms with E-state index in [4.69, 9.17) is 4.42 Å². The van der Waals surface area contributed by atoms with Crippen LogP contribution in [0.5, 0.6) is 0 Å². The molecule has 0 aliphatic heterocycles. The second-order valence-corrected chi connectivity index (χ2v) is 4.71. The Bertz CT molecular complexity index is 565. The predicted molar refractivity (Wildman–Crippen MR) is 73.7 cm³/mol. The molecular formula is C13H16N2O2S. The molecule has 0 spiro atoms. The van der Waals surface area contributed by atoms with E-state index in [-0.39, 0.29) is 5.91 Å². The normalized spacial score (nSPS) is 10.8. The molecule has 0 radical (unpaired) electrons. The summed E-state index contributed by atoms with van der Waals surface area (Å²) < 4.78 is 5.47. The third-order valence-corrected chi connectivity index (χ3v) is 2.95. The van der Waals surface area contributed by atoms with Crippen LogP contribution in [0, 0.1) is 6.92 Å². The summed E-state index contributed by atoms with van der Waals surface area (Å²) in [6.45, 7) is 2.39. The van der Waals surface area contributed by atoms with Gasteiger partial charge in [0.2, 0.25) is 5.91 Å². The maximum atomic E-state index is 11.7. The lowest BCUT2D eigenvalue weighted by Crippen LogP contribution is -2.26.